The van der Waals surface area contributed by atoms with E-state index in [0.717, 1.165) is 22.3 Å². The van der Waals surface area contributed by atoms with E-state index in [9.17, 15) is 19.5 Å². The van der Waals surface area contributed by atoms with Gasteiger partial charge in [-0.15, -0.1) is 0 Å². The number of rotatable bonds is 7. The maximum Gasteiger partial charge on any atom is 0.407 e. The standard InChI is InChI=1S/C27H25ClN2O5/c1-15(2)24(25(31)29-23-13-16(28)11-12-21(23)26(32)33)30-27(34)35-14-22-19-9-5-3-7-17(19)18-8-4-6-10-20(18)22/h3-13,15,22,24H,14H2,1-2H3,(H,29,31)(H,30,34)(H,32,33)/t24-/m1/s1. The van der Waals surface area contributed by atoms with Gasteiger partial charge in [-0.1, -0.05) is 74.0 Å². The quantitative estimate of drug-likeness (QED) is 0.401. The Labute approximate surface area is 208 Å². The third-order valence-electron chi connectivity index (χ3n) is 6.04. The van der Waals surface area contributed by atoms with Crippen LogP contribution >= 0.6 is 11.6 Å². The summed E-state index contributed by atoms with van der Waals surface area (Å²) in [6.45, 7) is 3.65. The molecule has 0 spiro atoms. The Morgan fingerprint density at radius 2 is 1.57 bits per heavy atom. The third kappa shape index (κ3) is 5.15. The number of hydrogen-bond acceptors (Lipinski definition) is 4. The van der Waals surface area contributed by atoms with Crippen molar-refractivity contribution < 1.29 is 24.2 Å². The smallest absolute Gasteiger partial charge is 0.407 e. The zero-order chi connectivity index (χ0) is 25.1. The van der Waals surface area contributed by atoms with Gasteiger partial charge in [0.25, 0.3) is 0 Å². The molecule has 0 heterocycles. The van der Waals surface area contributed by atoms with E-state index in [1.807, 2.05) is 36.4 Å². The Balaban J connectivity index is 1.45. The van der Waals surface area contributed by atoms with Crippen molar-refractivity contribution in [1.29, 1.82) is 0 Å². The molecule has 3 aromatic carbocycles. The van der Waals surface area contributed by atoms with Gasteiger partial charge in [0.05, 0.1) is 11.3 Å². The molecular weight excluding hydrogens is 468 g/mol. The molecule has 0 unspecified atom stereocenters. The van der Waals surface area contributed by atoms with Crippen LogP contribution in [0.3, 0.4) is 0 Å². The van der Waals surface area contributed by atoms with Gasteiger partial charge < -0.3 is 20.5 Å². The van der Waals surface area contributed by atoms with Gasteiger partial charge in [0, 0.05) is 10.9 Å². The molecule has 0 bridgehead atoms. The zero-order valence-corrected chi connectivity index (χ0v) is 20.0. The number of carbonyl (C=O) groups is 3. The molecule has 2 amide bonds. The van der Waals surface area contributed by atoms with Crippen molar-refractivity contribution in [2.75, 3.05) is 11.9 Å². The average molecular weight is 493 g/mol. The minimum Gasteiger partial charge on any atom is -0.478 e. The van der Waals surface area contributed by atoms with E-state index >= 15 is 0 Å². The molecule has 4 rings (SSSR count). The zero-order valence-electron chi connectivity index (χ0n) is 19.2. The van der Waals surface area contributed by atoms with Crippen LogP contribution in [0.25, 0.3) is 11.1 Å². The van der Waals surface area contributed by atoms with Crippen molar-refractivity contribution in [2.24, 2.45) is 5.92 Å². The topological polar surface area (TPSA) is 105 Å². The number of fused-ring (bicyclic) bond motifs is 3. The summed E-state index contributed by atoms with van der Waals surface area (Å²) in [6, 6.07) is 19.2. The van der Waals surface area contributed by atoms with Crippen molar-refractivity contribution in [2.45, 2.75) is 25.8 Å². The summed E-state index contributed by atoms with van der Waals surface area (Å²) in [7, 11) is 0. The predicted octanol–water partition coefficient (Wildman–Crippen LogP) is 5.54. The van der Waals surface area contributed by atoms with Gasteiger partial charge in [0.1, 0.15) is 12.6 Å². The summed E-state index contributed by atoms with van der Waals surface area (Å²) in [5.74, 6) is -2.17. The number of carboxylic acid groups (broad SMARTS) is 1. The molecule has 0 radical (unpaired) electrons. The highest BCUT2D eigenvalue weighted by Crippen LogP contribution is 2.44. The van der Waals surface area contributed by atoms with Gasteiger partial charge in [-0.2, -0.15) is 0 Å². The SMILES string of the molecule is CC(C)[C@@H](NC(=O)OCC1c2ccccc2-c2ccccc21)C(=O)Nc1cc(Cl)ccc1C(=O)O. The van der Waals surface area contributed by atoms with Crippen molar-refractivity contribution in [1.82, 2.24) is 5.32 Å². The number of carboxylic acids is 1. The van der Waals surface area contributed by atoms with Gasteiger partial charge in [0.2, 0.25) is 5.91 Å². The molecular formula is C27H25ClN2O5. The van der Waals surface area contributed by atoms with Crippen LogP contribution in [0.4, 0.5) is 10.5 Å². The highest BCUT2D eigenvalue weighted by atomic mass is 35.5. The molecule has 1 aliphatic rings. The minimum absolute atomic E-state index is 0.0509. The summed E-state index contributed by atoms with van der Waals surface area (Å²) >= 11 is 5.97. The number of aromatic carboxylic acids is 1. The van der Waals surface area contributed by atoms with E-state index in [0.29, 0.717) is 0 Å². The predicted molar refractivity (Wildman–Crippen MR) is 134 cm³/mol. The van der Waals surface area contributed by atoms with Gasteiger partial charge in [-0.3, -0.25) is 4.79 Å². The van der Waals surface area contributed by atoms with E-state index in [4.69, 9.17) is 16.3 Å². The largest absolute Gasteiger partial charge is 0.478 e. The lowest BCUT2D eigenvalue weighted by atomic mass is 9.98. The van der Waals surface area contributed by atoms with Crippen LogP contribution in [0, 0.1) is 5.92 Å². The first kappa shape index (κ1) is 24.3. The third-order valence-corrected chi connectivity index (χ3v) is 6.27. The highest BCUT2D eigenvalue weighted by molar-refractivity contribution is 6.31. The first-order chi connectivity index (χ1) is 16.8. The average Bonchev–Trinajstić information content (AvgIpc) is 3.14. The maximum absolute atomic E-state index is 12.9. The highest BCUT2D eigenvalue weighted by Gasteiger charge is 2.30. The van der Waals surface area contributed by atoms with Crippen LogP contribution in [0.5, 0.6) is 0 Å². The molecule has 35 heavy (non-hydrogen) atoms. The van der Waals surface area contributed by atoms with Crippen LogP contribution in [-0.4, -0.2) is 35.7 Å². The summed E-state index contributed by atoms with van der Waals surface area (Å²) in [6.07, 6.45) is -0.731. The number of alkyl carbamates (subject to hydrolysis) is 1. The fourth-order valence-corrected chi connectivity index (χ4v) is 4.49. The Morgan fingerprint density at radius 3 is 2.14 bits per heavy atom. The first-order valence-corrected chi connectivity index (χ1v) is 11.6. The van der Waals surface area contributed by atoms with E-state index in [1.165, 1.54) is 18.2 Å². The van der Waals surface area contributed by atoms with Gasteiger partial charge in [0.15, 0.2) is 0 Å². The molecule has 0 saturated heterocycles. The lowest BCUT2D eigenvalue weighted by Gasteiger charge is -2.22. The second kappa shape index (κ2) is 10.2. The van der Waals surface area contributed by atoms with Crippen LogP contribution in [0.1, 0.15) is 41.3 Å². The van der Waals surface area contributed by atoms with Gasteiger partial charge >= 0.3 is 12.1 Å². The fraction of sp³-hybridized carbons (Fsp3) is 0.222. The lowest BCUT2D eigenvalue weighted by molar-refractivity contribution is -0.119. The number of hydrogen-bond donors (Lipinski definition) is 3. The number of ether oxygens (including phenoxy) is 1. The van der Waals surface area contributed by atoms with E-state index < -0.39 is 24.0 Å². The fourth-order valence-electron chi connectivity index (χ4n) is 4.32. The van der Waals surface area contributed by atoms with Gasteiger partial charge in [-0.05, 0) is 46.4 Å². The number of benzene rings is 3. The van der Waals surface area contributed by atoms with Crippen LogP contribution in [0.15, 0.2) is 66.7 Å². The molecule has 3 aromatic rings. The van der Waals surface area contributed by atoms with E-state index in [2.05, 4.69) is 22.8 Å². The number of carbonyl (C=O) groups excluding carboxylic acids is 2. The molecule has 0 aromatic heterocycles. The van der Waals surface area contributed by atoms with Crippen molar-refractivity contribution in [3.63, 3.8) is 0 Å². The van der Waals surface area contributed by atoms with Gasteiger partial charge in [-0.25, -0.2) is 9.59 Å². The molecule has 8 heteroatoms. The number of halogens is 1. The molecule has 0 saturated carbocycles. The molecule has 7 nitrogen and oxygen atoms in total. The Hall–Kier alpha value is -3.84. The molecule has 3 N–H and O–H groups in total. The summed E-state index contributed by atoms with van der Waals surface area (Å²) < 4.78 is 5.56. The Bertz CT molecular complexity index is 1240. The molecule has 180 valence electrons. The normalized spacial score (nSPS) is 13.0. The molecule has 1 atom stereocenters. The Kier molecular flexibility index (Phi) is 7.07. The summed E-state index contributed by atoms with van der Waals surface area (Å²) in [5.41, 5.74) is 4.35. The molecule has 0 aliphatic heterocycles. The van der Waals surface area contributed by atoms with Crippen LogP contribution in [-0.2, 0) is 9.53 Å². The second-order valence-corrected chi connectivity index (χ2v) is 9.11. The molecule has 0 fully saturated rings. The van der Waals surface area contributed by atoms with Crippen LogP contribution in [0.2, 0.25) is 5.02 Å². The maximum atomic E-state index is 12.9. The summed E-state index contributed by atoms with van der Waals surface area (Å²) in [4.78, 5) is 37.1. The minimum atomic E-state index is -1.21. The molecule has 1 aliphatic carbocycles. The number of amides is 2. The first-order valence-electron chi connectivity index (χ1n) is 11.2. The van der Waals surface area contributed by atoms with Crippen molar-refractivity contribution in [3.8, 4) is 11.1 Å². The second-order valence-electron chi connectivity index (χ2n) is 8.68. The van der Waals surface area contributed by atoms with E-state index in [-0.39, 0.29) is 34.7 Å². The van der Waals surface area contributed by atoms with E-state index in [1.54, 1.807) is 13.8 Å². The number of anilines is 1. The lowest BCUT2D eigenvalue weighted by Crippen LogP contribution is -2.47. The monoisotopic (exact) mass is 492 g/mol. The number of nitrogens with one attached hydrogen (secondary N) is 2. The van der Waals surface area contributed by atoms with Crippen molar-refractivity contribution >= 4 is 35.3 Å². The summed E-state index contributed by atoms with van der Waals surface area (Å²) in [5, 5.41) is 14.9. The van der Waals surface area contributed by atoms with Crippen LogP contribution < -0.4 is 10.6 Å². The Morgan fingerprint density at radius 1 is 0.971 bits per heavy atom. The van der Waals surface area contributed by atoms with Crippen molar-refractivity contribution in [3.05, 3.63) is 88.4 Å².